The van der Waals surface area contributed by atoms with E-state index >= 15 is 0 Å². The molecule has 24 heavy (non-hydrogen) atoms. The van der Waals surface area contributed by atoms with Gasteiger partial charge in [0, 0.05) is 10.2 Å². The molecule has 2 aromatic rings. The van der Waals surface area contributed by atoms with Crippen LogP contribution in [0.5, 0.6) is 0 Å². The molecule has 0 aliphatic rings. The highest BCUT2D eigenvalue weighted by molar-refractivity contribution is 9.10. The van der Waals surface area contributed by atoms with Gasteiger partial charge in [0.05, 0.1) is 11.3 Å². The number of carbonyl (C=O) groups excluding carboxylic acids is 1. The molecule has 0 saturated heterocycles. The molecule has 0 aliphatic heterocycles. The van der Waals surface area contributed by atoms with E-state index in [1.165, 1.54) is 18.2 Å². The Bertz CT molecular complexity index is 820. The van der Waals surface area contributed by atoms with Crippen molar-refractivity contribution in [3.63, 3.8) is 0 Å². The lowest BCUT2D eigenvalue weighted by Gasteiger charge is -2.13. The second-order valence-electron chi connectivity index (χ2n) is 4.95. The molecule has 0 heterocycles. The van der Waals surface area contributed by atoms with Crippen LogP contribution in [0.2, 0.25) is 0 Å². The predicted molar refractivity (Wildman–Crippen MR) is 96.0 cm³/mol. The lowest BCUT2D eigenvalue weighted by atomic mass is 10.2. The van der Waals surface area contributed by atoms with E-state index in [1.54, 1.807) is 13.0 Å². The van der Waals surface area contributed by atoms with Crippen LogP contribution in [0.3, 0.4) is 0 Å². The summed E-state index contributed by atoms with van der Waals surface area (Å²) in [7, 11) is 0. The van der Waals surface area contributed by atoms with E-state index in [2.05, 4.69) is 26.6 Å². The van der Waals surface area contributed by atoms with Gasteiger partial charge in [-0.2, -0.15) is 0 Å². The largest absolute Gasteiger partial charge is 0.393 e. The Morgan fingerprint density at radius 3 is 2.46 bits per heavy atom. The maximum Gasteiger partial charge on any atom is 0.274 e. The minimum Gasteiger partial charge on any atom is -0.393 e. The smallest absolute Gasteiger partial charge is 0.274 e. The third kappa shape index (κ3) is 4.20. The van der Waals surface area contributed by atoms with E-state index in [9.17, 15) is 9.18 Å². The summed E-state index contributed by atoms with van der Waals surface area (Å²) >= 11 is 3.39. The molecular weight excluding hydrogens is 375 g/mol. The highest BCUT2D eigenvalue weighted by Crippen LogP contribution is 2.22. The molecule has 0 aromatic heterocycles. The molecule has 2 rings (SSSR count). The van der Waals surface area contributed by atoms with E-state index in [0.717, 1.165) is 10.2 Å². The summed E-state index contributed by atoms with van der Waals surface area (Å²) in [6.45, 7) is 1.64. The van der Waals surface area contributed by atoms with Crippen LogP contribution >= 0.6 is 15.9 Å². The number of hydrogen-bond acceptors (Lipinski definition) is 4. The first-order valence-electron chi connectivity index (χ1n) is 7.03. The third-order valence-corrected chi connectivity index (χ3v) is 3.92. The quantitative estimate of drug-likeness (QED) is 0.366. The Balaban J connectivity index is 2.12. The Hall–Kier alpha value is -2.67. The molecule has 7 heteroatoms. The van der Waals surface area contributed by atoms with Crippen molar-refractivity contribution in [2.24, 2.45) is 5.73 Å². The normalized spacial score (nSPS) is 11.5. The standard InChI is InChI=1S/C17H16BrFN4O/c1-10(22-14-9-5-3-7-12(14)18)15(20)17(24)23-16(21)11-6-2-4-8-13(11)19/h2-9,22H,20H2,1H3,(H2,21,23,24)/b15-10-. The highest BCUT2D eigenvalue weighted by Gasteiger charge is 2.14. The van der Waals surface area contributed by atoms with E-state index in [1.807, 2.05) is 24.3 Å². The molecule has 0 aliphatic carbocycles. The molecule has 0 spiro atoms. The first-order valence-corrected chi connectivity index (χ1v) is 7.82. The van der Waals surface area contributed by atoms with Crippen LogP contribution in [0.15, 0.2) is 64.4 Å². The molecule has 124 valence electrons. The second kappa shape index (κ2) is 7.74. The summed E-state index contributed by atoms with van der Waals surface area (Å²) in [4.78, 5) is 12.1. The molecule has 5 nitrogen and oxygen atoms in total. The molecule has 0 fully saturated rings. The van der Waals surface area contributed by atoms with Crippen molar-refractivity contribution in [1.82, 2.24) is 5.32 Å². The zero-order valence-electron chi connectivity index (χ0n) is 12.9. The number of nitrogens with two attached hydrogens (primary N) is 1. The van der Waals surface area contributed by atoms with Crippen LogP contribution < -0.4 is 16.4 Å². The van der Waals surface area contributed by atoms with Gasteiger partial charge < -0.3 is 16.4 Å². The summed E-state index contributed by atoms with van der Waals surface area (Å²) < 4.78 is 14.4. The minimum absolute atomic E-state index is 0.00457. The van der Waals surface area contributed by atoms with Gasteiger partial charge in [0.1, 0.15) is 17.3 Å². The van der Waals surface area contributed by atoms with E-state index in [-0.39, 0.29) is 17.1 Å². The molecule has 2 aromatic carbocycles. The van der Waals surface area contributed by atoms with Gasteiger partial charge in [-0.05, 0) is 47.1 Å². The zero-order chi connectivity index (χ0) is 17.7. The Morgan fingerprint density at radius 1 is 1.17 bits per heavy atom. The number of rotatable bonds is 4. The van der Waals surface area contributed by atoms with Crippen molar-refractivity contribution < 1.29 is 9.18 Å². The van der Waals surface area contributed by atoms with Gasteiger partial charge >= 0.3 is 0 Å². The van der Waals surface area contributed by atoms with Crippen LogP contribution in [0, 0.1) is 11.2 Å². The molecule has 0 radical (unpaired) electrons. The average molecular weight is 391 g/mol. The Morgan fingerprint density at radius 2 is 1.79 bits per heavy atom. The fraction of sp³-hybridized carbons (Fsp3) is 0.0588. The fourth-order valence-corrected chi connectivity index (χ4v) is 2.30. The Kier molecular flexibility index (Phi) is 5.70. The summed E-state index contributed by atoms with van der Waals surface area (Å²) in [6, 6.07) is 13.1. The lowest BCUT2D eigenvalue weighted by molar-refractivity contribution is -0.116. The molecule has 0 bridgehead atoms. The fourth-order valence-electron chi connectivity index (χ4n) is 1.91. The number of anilines is 1. The van der Waals surface area contributed by atoms with Crippen LogP contribution in [-0.2, 0) is 4.79 Å². The monoisotopic (exact) mass is 390 g/mol. The second-order valence-corrected chi connectivity index (χ2v) is 5.81. The number of nitrogens with one attached hydrogen (secondary N) is 3. The van der Waals surface area contributed by atoms with Crippen LogP contribution in [0.1, 0.15) is 12.5 Å². The van der Waals surface area contributed by atoms with E-state index < -0.39 is 11.7 Å². The van der Waals surface area contributed by atoms with Crippen molar-refractivity contribution in [3.05, 3.63) is 75.8 Å². The maximum atomic E-state index is 13.6. The van der Waals surface area contributed by atoms with Gasteiger partial charge in [-0.1, -0.05) is 24.3 Å². The highest BCUT2D eigenvalue weighted by atomic mass is 79.9. The maximum absolute atomic E-state index is 13.6. The SMILES string of the molecule is C/C(Nc1ccccc1Br)=C(/N)C(=O)NC(=N)c1ccccc1F. The number of halogens is 2. The van der Waals surface area contributed by atoms with Crippen molar-refractivity contribution in [1.29, 1.82) is 5.41 Å². The molecule has 0 unspecified atom stereocenters. The molecule has 5 N–H and O–H groups in total. The number of amidine groups is 1. The first-order chi connectivity index (χ1) is 11.4. The predicted octanol–water partition coefficient (Wildman–Crippen LogP) is 3.33. The zero-order valence-corrected chi connectivity index (χ0v) is 14.4. The molecule has 0 saturated carbocycles. The number of hydrogen-bond donors (Lipinski definition) is 4. The summed E-state index contributed by atoms with van der Waals surface area (Å²) in [5, 5.41) is 13.1. The van der Waals surface area contributed by atoms with Gasteiger partial charge in [0.15, 0.2) is 0 Å². The van der Waals surface area contributed by atoms with Gasteiger partial charge in [-0.25, -0.2) is 4.39 Å². The van der Waals surface area contributed by atoms with Crippen molar-refractivity contribution >= 4 is 33.4 Å². The third-order valence-electron chi connectivity index (χ3n) is 3.23. The van der Waals surface area contributed by atoms with Crippen molar-refractivity contribution in [3.8, 4) is 0 Å². The molecule has 0 atom stereocenters. The number of para-hydroxylation sites is 1. The van der Waals surface area contributed by atoms with Crippen LogP contribution in [0.4, 0.5) is 10.1 Å². The van der Waals surface area contributed by atoms with Crippen molar-refractivity contribution in [2.75, 3.05) is 5.32 Å². The lowest BCUT2D eigenvalue weighted by Crippen LogP contribution is -2.35. The molecule has 1 amide bonds. The summed E-state index contributed by atoms with van der Waals surface area (Å²) in [5.74, 6) is -1.62. The van der Waals surface area contributed by atoms with Gasteiger partial charge in [-0.3, -0.25) is 10.2 Å². The minimum atomic E-state index is -0.680. The van der Waals surface area contributed by atoms with E-state index in [0.29, 0.717) is 5.70 Å². The Labute approximate surface area is 147 Å². The average Bonchev–Trinajstić information content (AvgIpc) is 2.56. The topological polar surface area (TPSA) is 91.0 Å². The van der Waals surface area contributed by atoms with Crippen molar-refractivity contribution in [2.45, 2.75) is 6.92 Å². The van der Waals surface area contributed by atoms with Crippen LogP contribution in [-0.4, -0.2) is 11.7 Å². The van der Waals surface area contributed by atoms with Gasteiger partial charge in [-0.15, -0.1) is 0 Å². The number of benzene rings is 2. The summed E-state index contributed by atoms with van der Waals surface area (Å²) in [5.41, 5.74) is 6.89. The first kappa shape index (κ1) is 17.7. The van der Waals surface area contributed by atoms with Gasteiger partial charge in [0.2, 0.25) is 0 Å². The number of allylic oxidation sites excluding steroid dienone is 1. The number of amides is 1. The molecular formula is C17H16BrFN4O. The summed E-state index contributed by atoms with van der Waals surface area (Å²) in [6.07, 6.45) is 0. The number of carbonyl (C=O) groups is 1. The van der Waals surface area contributed by atoms with Gasteiger partial charge in [0.25, 0.3) is 5.91 Å². The van der Waals surface area contributed by atoms with E-state index in [4.69, 9.17) is 11.1 Å². The van der Waals surface area contributed by atoms with Crippen LogP contribution in [0.25, 0.3) is 0 Å².